The zero-order valence-corrected chi connectivity index (χ0v) is 16.0. The summed E-state index contributed by atoms with van der Waals surface area (Å²) in [5.41, 5.74) is 5.46. The number of primary amides is 1. The molecule has 0 fully saturated rings. The Balaban J connectivity index is 2.38. The monoisotopic (exact) mass is 380 g/mol. The molecule has 1 atom stereocenters. The highest BCUT2D eigenvalue weighted by Gasteiger charge is 2.19. The molecule has 1 aromatic carbocycles. The molecule has 1 aromatic rings. The predicted octanol–water partition coefficient (Wildman–Crippen LogP) is 2.46. The van der Waals surface area contributed by atoms with Crippen LogP contribution >= 0.6 is 0 Å². The molecule has 0 aliphatic rings. The summed E-state index contributed by atoms with van der Waals surface area (Å²) in [6.07, 6.45) is -0.597. The molecule has 0 aliphatic carbocycles. The molecule has 1 unspecified atom stereocenters. The maximum Gasteiger partial charge on any atom is 0.408 e. The van der Waals surface area contributed by atoms with Crippen LogP contribution in [0.3, 0.4) is 0 Å². The molecule has 0 radical (unpaired) electrons. The van der Waals surface area contributed by atoms with Crippen molar-refractivity contribution in [3.8, 4) is 0 Å². The van der Waals surface area contributed by atoms with Crippen molar-refractivity contribution in [1.29, 1.82) is 0 Å². The second-order valence-electron chi connectivity index (χ2n) is 6.92. The quantitative estimate of drug-likeness (QED) is 0.569. The molecule has 0 saturated heterocycles. The average Bonchev–Trinajstić information content (AvgIpc) is 2.59. The van der Waals surface area contributed by atoms with Gasteiger partial charge in [0, 0.05) is 6.54 Å². The fourth-order valence-corrected chi connectivity index (χ4v) is 2.06. The summed E-state index contributed by atoms with van der Waals surface area (Å²) in [6.45, 7) is 5.60. The molecule has 1 rings (SSSR count). The third-order valence-corrected chi connectivity index (χ3v) is 3.28. The Labute approximate surface area is 161 Å². The number of carbonyl (C=O) groups is 3. The van der Waals surface area contributed by atoms with Gasteiger partial charge in [-0.05, 0) is 45.6 Å². The van der Waals surface area contributed by atoms with Gasteiger partial charge in [-0.15, -0.1) is 0 Å². The van der Waals surface area contributed by atoms with E-state index < -0.39 is 29.7 Å². The number of amides is 3. The van der Waals surface area contributed by atoms with E-state index in [2.05, 4.69) is 10.6 Å². The molecule has 3 amide bonds. The third kappa shape index (κ3) is 10.7. The summed E-state index contributed by atoms with van der Waals surface area (Å²) in [5, 5.41) is 4.80. The van der Waals surface area contributed by atoms with Crippen LogP contribution in [0.15, 0.2) is 30.3 Å². The van der Waals surface area contributed by atoms with E-state index in [1.165, 1.54) is 0 Å². The van der Waals surface area contributed by atoms with Gasteiger partial charge >= 0.3 is 12.2 Å². The Morgan fingerprint density at radius 1 is 1.15 bits per heavy atom. The second kappa shape index (κ2) is 11.1. The second-order valence-corrected chi connectivity index (χ2v) is 6.92. The van der Waals surface area contributed by atoms with Gasteiger partial charge < -0.3 is 25.8 Å². The van der Waals surface area contributed by atoms with E-state index in [1.54, 1.807) is 45.0 Å². The number of unbranched alkanes of at least 4 members (excludes halogenated alkanes) is 1. The number of carbonyl (C=O) groups excluding carboxylic acids is 3. The van der Waals surface area contributed by atoms with Gasteiger partial charge in [0.05, 0.1) is 1.37 Å². The van der Waals surface area contributed by atoms with Gasteiger partial charge in [0.25, 0.3) is 0 Å². The zero-order valence-electron chi connectivity index (χ0n) is 17.0. The topological polar surface area (TPSA) is 120 Å². The van der Waals surface area contributed by atoms with E-state index in [0.29, 0.717) is 19.4 Å². The van der Waals surface area contributed by atoms with Gasteiger partial charge in [-0.3, -0.25) is 4.79 Å². The lowest BCUT2D eigenvalue weighted by molar-refractivity contribution is -0.120. The van der Waals surface area contributed by atoms with Crippen molar-refractivity contribution in [2.45, 2.75) is 58.3 Å². The first-order valence-electron chi connectivity index (χ1n) is 9.27. The Morgan fingerprint density at radius 2 is 1.81 bits per heavy atom. The summed E-state index contributed by atoms with van der Waals surface area (Å²) in [4.78, 5) is 35.1. The van der Waals surface area contributed by atoms with Gasteiger partial charge in [-0.25, -0.2) is 9.59 Å². The van der Waals surface area contributed by atoms with Crippen molar-refractivity contribution in [2.75, 3.05) is 6.54 Å². The van der Waals surface area contributed by atoms with Crippen LogP contribution < -0.4 is 16.4 Å². The number of benzene rings is 1. The smallest absolute Gasteiger partial charge is 0.408 e. The summed E-state index contributed by atoms with van der Waals surface area (Å²) < 4.78 is 18.3. The minimum absolute atomic E-state index is 0.0151. The van der Waals surface area contributed by atoms with Gasteiger partial charge in [0.2, 0.25) is 5.91 Å². The third-order valence-electron chi connectivity index (χ3n) is 3.28. The molecule has 0 aliphatic heterocycles. The Morgan fingerprint density at radius 3 is 2.41 bits per heavy atom. The lowest BCUT2D eigenvalue weighted by atomic mass is 10.1. The van der Waals surface area contributed by atoms with E-state index in [-0.39, 0.29) is 13.0 Å². The molecule has 0 spiro atoms. The van der Waals surface area contributed by atoms with Crippen molar-refractivity contribution in [1.82, 2.24) is 10.6 Å². The SMILES string of the molecule is [2H]C(CCCCNC(=O)OC(C)(C)C)(NC(=O)OCc1ccccc1)C(N)=O. The number of ether oxygens (including phenoxy) is 2. The molecule has 150 valence electrons. The highest BCUT2D eigenvalue weighted by molar-refractivity contribution is 5.84. The van der Waals surface area contributed by atoms with Crippen molar-refractivity contribution in [3.63, 3.8) is 0 Å². The van der Waals surface area contributed by atoms with E-state index in [9.17, 15) is 14.4 Å². The van der Waals surface area contributed by atoms with Crippen LogP contribution in [-0.4, -0.2) is 36.3 Å². The Bertz CT molecular complexity index is 663. The fraction of sp³-hybridized carbons (Fsp3) is 0.526. The lowest BCUT2D eigenvalue weighted by Crippen LogP contribution is -2.44. The van der Waals surface area contributed by atoms with Crippen LogP contribution in [0, 0.1) is 0 Å². The first-order valence-corrected chi connectivity index (χ1v) is 8.77. The highest BCUT2D eigenvalue weighted by atomic mass is 16.6. The molecule has 8 heteroatoms. The lowest BCUT2D eigenvalue weighted by Gasteiger charge is -2.19. The van der Waals surface area contributed by atoms with Crippen LogP contribution in [0.2, 0.25) is 0 Å². The standard InChI is InChI=1S/C19H29N3O5/c1-19(2,3)27-17(24)21-12-8-7-11-15(16(20)23)22-18(25)26-13-14-9-5-4-6-10-14/h4-6,9-10,15H,7-8,11-13H2,1-3H3,(H2,20,23)(H,21,24)(H,22,25)/i15D. The fourth-order valence-electron chi connectivity index (χ4n) is 2.06. The number of alkyl carbamates (subject to hydrolysis) is 2. The van der Waals surface area contributed by atoms with Crippen molar-refractivity contribution in [3.05, 3.63) is 35.9 Å². The summed E-state index contributed by atoms with van der Waals surface area (Å²) in [5.74, 6) is -0.982. The summed E-state index contributed by atoms with van der Waals surface area (Å²) in [6, 6.07) is 7.03. The van der Waals surface area contributed by atoms with Crippen LogP contribution in [0.5, 0.6) is 0 Å². The van der Waals surface area contributed by atoms with Crippen molar-refractivity contribution < 1.29 is 25.2 Å². The molecule has 0 bridgehead atoms. The van der Waals surface area contributed by atoms with Gasteiger partial charge in [0.1, 0.15) is 18.2 Å². The first kappa shape index (κ1) is 20.5. The largest absolute Gasteiger partial charge is 0.445 e. The highest BCUT2D eigenvalue weighted by Crippen LogP contribution is 2.07. The molecule has 0 heterocycles. The van der Waals surface area contributed by atoms with Crippen LogP contribution in [0.25, 0.3) is 0 Å². The van der Waals surface area contributed by atoms with Gasteiger partial charge in [0.15, 0.2) is 0 Å². The normalized spacial score (nSPS) is 13.7. The molecule has 0 saturated carbocycles. The number of hydrogen-bond acceptors (Lipinski definition) is 5. The van der Waals surface area contributed by atoms with E-state index in [0.717, 1.165) is 5.56 Å². The van der Waals surface area contributed by atoms with Crippen LogP contribution in [0.1, 0.15) is 47.0 Å². The maximum atomic E-state index is 11.9. The van der Waals surface area contributed by atoms with Gasteiger partial charge in [-0.1, -0.05) is 30.3 Å². The number of hydrogen-bond donors (Lipinski definition) is 3. The zero-order chi connectivity index (χ0) is 21.2. The number of nitrogens with one attached hydrogen (secondary N) is 2. The molecule has 8 nitrogen and oxygen atoms in total. The molecular formula is C19H29N3O5. The molecular weight excluding hydrogens is 350 g/mol. The minimum Gasteiger partial charge on any atom is -0.445 e. The van der Waals surface area contributed by atoms with E-state index in [4.69, 9.17) is 16.6 Å². The van der Waals surface area contributed by atoms with Crippen molar-refractivity contribution >= 4 is 18.1 Å². The van der Waals surface area contributed by atoms with Crippen molar-refractivity contribution in [2.24, 2.45) is 5.73 Å². The maximum absolute atomic E-state index is 11.9. The summed E-state index contributed by atoms with van der Waals surface area (Å²) in [7, 11) is 0. The van der Waals surface area contributed by atoms with Crippen LogP contribution in [0.4, 0.5) is 9.59 Å². The predicted molar refractivity (Wildman–Crippen MR) is 101 cm³/mol. The minimum atomic E-state index is -1.99. The summed E-state index contributed by atoms with van der Waals surface area (Å²) >= 11 is 0. The van der Waals surface area contributed by atoms with Crippen LogP contribution in [-0.2, 0) is 20.9 Å². The van der Waals surface area contributed by atoms with Gasteiger partial charge in [-0.2, -0.15) is 0 Å². The molecule has 4 N–H and O–H groups in total. The van der Waals surface area contributed by atoms with E-state index in [1.807, 2.05) is 6.07 Å². The average molecular weight is 380 g/mol. The van der Waals surface area contributed by atoms with E-state index >= 15 is 0 Å². The molecule has 0 aromatic heterocycles. The Hall–Kier alpha value is -2.77. The number of rotatable bonds is 9. The number of nitrogens with two attached hydrogens (primary N) is 1. The molecule has 27 heavy (non-hydrogen) atoms. The first-order chi connectivity index (χ1) is 13.0. The Kier molecular flexibility index (Phi) is 8.41.